The fraction of sp³-hybridized carbons (Fsp3) is 0.455. The average molecular weight is 279 g/mol. The highest BCUT2D eigenvalue weighted by Gasteiger charge is 2.28. The Hall–Kier alpha value is -1.40. The highest BCUT2D eigenvalue weighted by molar-refractivity contribution is 5.85. The molecule has 0 saturated carbocycles. The van der Waals surface area contributed by atoms with Gasteiger partial charge in [0.1, 0.15) is 0 Å². The fourth-order valence-corrected chi connectivity index (χ4v) is 1.41. The van der Waals surface area contributed by atoms with Crippen LogP contribution in [-0.2, 0) is 0 Å². The molecule has 1 aromatic rings. The Balaban J connectivity index is 0.00000289. The van der Waals surface area contributed by atoms with Crippen LogP contribution < -0.4 is 5.73 Å². The van der Waals surface area contributed by atoms with E-state index in [4.69, 9.17) is 5.73 Å². The normalized spacial score (nSPS) is 12.7. The van der Waals surface area contributed by atoms with Gasteiger partial charge in [-0.25, -0.2) is 4.39 Å². The molecule has 0 unspecified atom stereocenters. The van der Waals surface area contributed by atoms with Crippen molar-refractivity contribution in [1.82, 2.24) is 0 Å². The molecule has 0 spiro atoms. The lowest BCUT2D eigenvalue weighted by atomic mass is 9.82. The maximum absolute atomic E-state index is 13.3. The predicted molar refractivity (Wildman–Crippen MR) is 68.4 cm³/mol. The molecule has 0 radical (unpaired) electrons. The number of aromatic hydroxyl groups is 1. The van der Waals surface area contributed by atoms with Crippen LogP contribution in [-0.4, -0.2) is 10.0 Å². The van der Waals surface area contributed by atoms with Gasteiger partial charge in [0.15, 0.2) is 11.6 Å². The van der Waals surface area contributed by atoms with Gasteiger partial charge in [0.05, 0.1) is 11.0 Å². The molecule has 102 valence electrons. The first kappa shape index (κ1) is 16.6. The Morgan fingerprint density at radius 2 is 1.94 bits per heavy atom. The zero-order chi connectivity index (χ0) is 13.4. The molecule has 1 aromatic carbocycles. The summed E-state index contributed by atoms with van der Waals surface area (Å²) in [7, 11) is 0. The summed E-state index contributed by atoms with van der Waals surface area (Å²) in [5.74, 6) is -1.66. The quantitative estimate of drug-likeness (QED) is 0.643. The first-order valence-electron chi connectivity index (χ1n) is 5.07. The third-order valence-corrected chi connectivity index (χ3v) is 2.56. The lowest BCUT2D eigenvalue weighted by Gasteiger charge is -2.27. The second-order valence-electron chi connectivity index (χ2n) is 4.97. The molecule has 0 bridgehead atoms. The number of rotatable bonds is 2. The van der Waals surface area contributed by atoms with E-state index in [0.29, 0.717) is 6.07 Å². The Bertz CT molecular complexity index is 460. The Labute approximate surface area is 110 Å². The Morgan fingerprint density at radius 3 is 2.33 bits per heavy atom. The number of phenolic OH excluding ortho intramolecular Hbond substituents is 1. The van der Waals surface area contributed by atoms with Crippen molar-refractivity contribution in [1.29, 1.82) is 0 Å². The van der Waals surface area contributed by atoms with E-state index in [1.54, 1.807) is 20.8 Å². The second kappa shape index (κ2) is 5.49. The molecule has 1 rings (SSSR count). The summed E-state index contributed by atoms with van der Waals surface area (Å²) in [6.45, 7) is 5.40. The summed E-state index contributed by atoms with van der Waals surface area (Å²) in [5, 5.41) is 20.2. The summed E-state index contributed by atoms with van der Waals surface area (Å²) in [6.07, 6.45) is 0. The SMILES string of the molecule is CC(C)(C)[C@H](N)c1cc([N+](=O)[O-])cc(F)c1O.Cl. The molecule has 0 amide bonds. The van der Waals surface area contributed by atoms with Crippen LogP contribution in [0.3, 0.4) is 0 Å². The van der Waals surface area contributed by atoms with Crippen LogP contribution in [0.15, 0.2) is 12.1 Å². The van der Waals surface area contributed by atoms with E-state index in [1.807, 2.05) is 0 Å². The first-order valence-corrected chi connectivity index (χ1v) is 5.07. The highest BCUT2D eigenvalue weighted by Crippen LogP contribution is 2.38. The van der Waals surface area contributed by atoms with Crippen molar-refractivity contribution in [2.24, 2.45) is 11.1 Å². The van der Waals surface area contributed by atoms with Gasteiger partial charge in [-0.15, -0.1) is 12.4 Å². The summed E-state index contributed by atoms with van der Waals surface area (Å²) in [4.78, 5) is 9.88. The van der Waals surface area contributed by atoms with E-state index < -0.39 is 33.6 Å². The number of nitrogens with two attached hydrogens (primary N) is 1. The maximum atomic E-state index is 13.3. The molecule has 7 heteroatoms. The zero-order valence-corrected chi connectivity index (χ0v) is 11.1. The van der Waals surface area contributed by atoms with Crippen molar-refractivity contribution < 1.29 is 14.4 Å². The summed E-state index contributed by atoms with van der Waals surface area (Å²) in [6, 6.07) is 1.08. The largest absolute Gasteiger partial charge is 0.505 e. The lowest BCUT2D eigenvalue weighted by Crippen LogP contribution is -2.26. The number of hydrogen-bond acceptors (Lipinski definition) is 4. The molecule has 5 nitrogen and oxygen atoms in total. The average Bonchev–Trinajstić information content (AvgIpc) is 2.19. The molecule has 1 atom stereocenters. The van der Waals surface area contributed by atoms with Crippen LogP contribution in [0.1, 0.15) is 32.4 Å². The molecule has 0 fully saturated rings. The number of nitrogens with zero attached hydrogens (tertiary/aromatic N) is 1. The monoisotopic (exact) mass is 278 g/mol. The van der Waals surface area contributed by atoms with Crippen molar-refractivity contribution in [3.8, 4) is 5.75 Å². The number of nitro groups is 1. The van der Waals surface area contributed by atoms with Gasteiger partial charge in [-0.3, -0.25) is 10.1 Å². The molecule has 18 heavy (non-hydrogen) atoms. The topological polar surface area (TPSA) is 89.4 Å². The molecular weight excluding hydrogens is 263 g/mol. The summed E-state index contributed by atoms with van der Waals surface area (Å²) >= 11 is 0. The molecule has 3 N–H and O–H groups in total. The van der Waals surface area contributed by atoms with E-state index >= 15 is 0 Å². The van der Waals surface area contributed by atoms with Gasteiger partial charge < -0.3 is 10.8 Å². The smallest absolute Gasteiger partial charge is 0.272 e. The minimum absolute atomic E-state index is 0. The van der Waals surface area contributed by atoms with Gasteiger partial charge in [0, 0.05) is 17.7 Å². The molecule has 0 aliphatic rings. The van der Waals surface area contributed by atoms with Gasteiger partial charge in [-0.1, -0.05) is 20.8 Å². The number of phenols is 1. The van der Waals surface area contributed by atoms with Gasteiger partial charge in [-0.05, 0) is 5.41 Å². The van der Waals surface area contributed by atoms with Gasteiger partial charge >= 0.3 is 0 Å². The van der Waals surface area contributed by atoms with Crippen LogP contribution in [0.25, 0.3) is 0 Å². The van der Waals surface area contributed by atoms with Crippen molar-refractivity contribution in [2.75, 3.05) is 0 Å². The van der Waals surface area contributed by atoms with Crippen LogP contribution in [0.2, 0.25) is 0 Å². The number of halogens is 2. The molecule has 0 heterocycles. The van der Waals surface area contributed by atoms with E-state index in [0.717, 1.165) is 6.07 Å². The zero-order valence-electron chi connectivity index (χ0n) is 10.3. The molecule has 0 aliphatic carbocycles. The molecule has 0 aromatic heterocycles. The minimum Gasteiger partial charge on any atom is -0.505 e. The lowest BCUT2D eigenvalue weighted by molar-refractivity contribution is -0.385. The van der Waals surface area contributed by atoms with Gasteiger partial charge in [0.2, 0.25) is 0 Å². The fourth-order valence-electron chi connectivity index (χ4n) is 1.41. The van der Waals surface area contributed by atoms with E-state index in [1.165, 1.54) is 0 Å². The number of non-ortho nitro benzene ring substituents is 1. The number of benzene rings is 1. The third kappa shape index (κ3) is 3.30. The van der Waals surface area contributed by atoms with Gasteiger partial charge in [0.25, 0.3) is 5.69 Å². The van der Waals surface area contributed by atoms with Crippen LogP contribution in [0, 0.1) is 21.3 Å². The first-order chi connectivity index (χ1) is 7.64. The summed E-state index contributed by atoms with van der Waals surface area (Å²) < 4.78 is 13.3. The highest BCUT2D eigenvalue weighted by atomic mass is 35.5. The Morgan fingerprint density at radius 1 is 1.44 bits per heavy atom. The number of hydrogen-bond donors (Lipinski definition) is 2. The molecule has 0 aliphatic heterocycles. The summed E-state index contributed by atoms with van der Waals surface area (Å²) in [5.41, 5.74) is 5.04. The second-order valence-corrected chi connectivity index (χ2v) is 4.97. The van der Waals surface area contributed by atoms with Crippen LogP contribution >= 0.6 is 12.4 Å². The third-order valence-electron chi connectivity index (χ3n) is 2.56. The van der Waals surface area contributed by atoms with Crippen molar-refractivity contribution in [2.45, 2.75) is 26.8 Å². The van der Waals surface area contributed by atoms with Crippen molar-refractivity contribution in [3.05, 3.63) is 33.6 Å². The predicted octanol–water partition coefficient (Wildman–Crippen LogP) is 2.91. The minimum atomic E-state index is -1.03. The van der Waals surface area contributed by atoms with Crippen molar-refractivity contribution in [3.63, 3.8) is 0 Å². The number of nitro benzene ring substituents is 1. The van der Waals surface area contributed by atoms with E-state index in [-0.39, 0.29) is 18.0 Å². The Kier molecular flexibility index (Phi) is 5.07. The van der Waals surface area contributed by atoms with Crippen LogP contribution in [0.5, 0.6) is 5.75 Å². The van der Waals surface area contributed by atoms with Gasteiger partial charge in [-0.2, -0.15) is 0 Å². The van der Waals surface area contributed by atoms with Crippen molar-refractivity contribution >= 4 is 18.1 Å². The van der Waals surface area contributed by atoms with E-state index in [2.05, 4.69) is 0 Å². The molecular formula is C11H16ClFN2O3. The maximum Gasteiger partial charge on any atom is 0.272 e. The van der Waals surface area contributed by atoms with E-state index in [9.17, 15) is 19.6 Å². The molecule has 0 saturated heterocycles. The van der Waals surface area contributed by atoms with Crippen LogP contribution in [0.4, 0.5) is 10.1 Å². The standard InChI is InChI=1S/C11H15FN2O3.ClH/c1-11(2,3)10(13)7-4-6(14(16)17)5-8(12)9(7)15;/h4-5,10,15H,13H2,1-3H3;1H/t10-;/m1./s1.